The van der Waals surface area contributed by atoms with E-state index in [1.807, 2.05) is 30.3 Å². The van der Waals surface area contributed by atoms with E-state index in [1.54, 1.807) is 0 Å². The molecule has 228 valence electrons. The van der Waals surface area contributed by atoms with E-state index in [0.29, 0.717) is 90.8 Å². The highest BCUT2D eigenvalue weighted by Crippen LogP contribution is 2.29. The molecule has 1 heterocycles. The SMILES string of the molecule is c1ccc2c(c1)OCCOCCOCCOc1ccc(C[NH2+]CC3CCCCC3)cc1OCCOCCOCCO2. The van der Waals surface area contributed by atoms with Crippen molar-refractivity contribution >= 4 is 0 Å². The quantitative estimate of drug-likeness (QED) is 0.592. The van der Waals surface area contributed by atoms with Crippen molar-refractivity contribution in [3.8, 4) is 23.0 Å². The first-order valence-corrected chi connectivity index (χ1v) is 15.2. The Labute approximate surface area is 244 Å². The number of para-hydroxylation sites is 2. The lowest BCUT2D eigenvalue weighted by Crippen LogP contribution is -2.84. The minimum absolute atomic E-state index is 0.425. The van der Waals surface area contributed by atoms with Gasteiger partial charge in [0.15, 0.2) is 23.0 Å². The van der Waals surface area contributed by atoms with Gasteiger partial charge < -0.3 is 43.2 Å². The smallest absolute Gasteiger partial charge is 0.161 e. The van der Waals surface area contributed by atoms with Gasteiger partial charge in [-0.05, 0) is 43.2 Å². The average molecular weight is 575 g/mol. The molecule has 9 nitrogen and oxygen atoms in total. The number of ether oxygens (including phenoxy) is 8. The van der Waals surface area contributed by atoms with Crippen molar-refractivity contribution in [2.75, 3.05) is 85.8 Å². The molecule has 0 bridgehead atoms. The zero-order chi connectivity index (χ0) is 28.2. The highest BCUT2D eigenvalue weighted by Gasteiger charge is 2.15. The maximum atomic E-state index is 6.10. The Bertz CT molecular complexity index is 968. The van der Waals surface area contributed by atoms with Gasteiger partial charge in [0.2, 0.25) is 0 Å². The molecule has 0 aromatic heterocycles. The van der Waals surface area contributed by atoms with E-state index < -0.39 is 0 Å². The minimum atomic E-state index is 0.425. The number of rotatable bonds is 4. The van der Waals surface area contributed by atoms with Gasteiger partial charge in [0.05, 0.1) is 59.4 Å². The van der Waals surface area contributed by atoms with Crippen LogP contribution in [0.1, 0.15) is 37.7 Å². The molecular formula is C32H48NO8+. The van der Waals surface area contributed by atoms with Gasteiger partial charge in [0.25, 0.3) is 0 Å². The molecule has 0 saturated heterocycles. The van der Waals surface area contributed by atoms with E-state index in [0.717, 1.165) is 24.0 Å². The summed E-state index contributed by atoms with van der Waals surface area (Å²) in [6.07, 6.45) is 6.90. The Morgan fingerprint density at radius 3 is 1.51 bits per heavy atom. The predicted molar refractivity (Wildman–Crippen MR) is 155 cm³/mol. The maximum absolute atomic E-state index is 6.10. The summed E-state index contributed by atoms with van der Waals surface area (Å²) in [7, 11) is 0. The van der Waals surface area contributed by atoms with Crippen LogP contribution in [-0.2, 0) is 25.5 Å². The third kappa shape index (κ3) is 12.5. The van der Waals surface area contributed by atoms with E-state index in [9.17, 15) is 0 Å². The van der Waals surface area contributed by atoms with Crippen molar-refractivity contribution in [3.63, 3.8) is 0 Å². The fourth-order valence-electron chi connectivity index (χ4n) is 4.99. The summed E-state index contributed by atoms with van der Waals surface area (Å²) in [5.74, 6) is 3.68. The van der Waals surface area contributed by atoms with Crippen molar-refractivity contribution in [1.29, 1.82) is 0 Å². The summed E-state index contributed by atoms with van der Waals surface area (Å²) >= 11 is 0. The molecule has 2 aromatic carbocycles. The lowest BCUT2D eigenvalue weighted by Gasteiger charge is -2.20. The molecule has 1 saturated carbocycles. The van der Waals surface area contributed by atoms with E-state index in [1.165, 1.54) is 44.2 Å². The van der Waals surface area contributed by atoms with Crippen LogP contribution in [-0.4, -0.2) is 85.8 Å². The van der Waals surface area contributed by atoms with Crippen molar-refractivity contribution in [3.05, 3.63) is 48.0 Å². The van der Waals surface area contributed by atoms with E-state index >= 15 is 0 Å². The fourth-order valence-corrected chi connectivity index (χ4v) is 4.99. The van der Waals surface area contributed by atoms with Crippen LogP contribution in [0.15, 0.2) is 42.5 Å². The summed E-state index contributed by atoms with van der Waals surface area (Å²) in [6.45, 7) is 7.63. The molecule has 4 rings (SSSR count). The van der Waals surface area contributed by atoms with Crippen LogP contribution in [0.4, 0.5) is 0 Å². The standard InChI is InChI=1S/C32H47NO8/c1-2-6-27(7-3-1)25-33-26-28-10-11-31-32(24-28)41-23-19-37-15-14-35-17-21-39-30-9-5-4-8-29(30)38-20-16-34-12-13-36-18-22-40-31/h4-5,8-11,24,27,33H,1-3,6-7,12-23,25-26H2/p+1. The van der Waals surface area contributed by atoms with Crippen LogP contribution < -0.4 is 24.3 Å². The van der Waals surface area contributed by atoms with Crippen LogP contribution in [0.3, 0.4) is 0 Å². The number of quaternary nitrogens is 1. The zero-order valence-electron chi connectivity index (χ0n) is 24.4. The molecule has 0 atom stereocenters. The van der Waals surface area contributed by atoms with Gasteiger partial charge in [-0.3, -0.25) is 0 Å². The third-order valence-corrected chi connectivity index (χ3v) is 7.15. The van der Waals surface area contributed by atoms with Gasteiger partial charge >= 0.3 is 0 Å². The van der Waals surface area contributed by atoms with E-state index in [2.05, 4.69) is 17.4 Å². The Morgan fingerprint density at radius 2 is 0.976 bits per heavy atom. The van der Waals surface area contributed by atoms with Crippen molar-refractivity contribution in [2.45, 2.75) is 38.6 Å². The second-order valence-corrected chi connectivity index (χ2v) is 10.3. The molecule has 0 amide bonds. The van der Waals surface area contributed by atoms with Gasteiger partial charge in [-0.2, -0.15) is 0 Å². The van der Waals surface area contributed by atoms with E-state index in [4.69, 9.17) is 37.9 Å². The average Bonchev–Trinajstić information content (AvgIpc) is 3.00. The Balaban J connectivity index is 1.24. The van der Waals surface area contributed by atoms with Crippen molar-refractivity contribution in [2.24, 2.45) is 5.92 Å². The molecule has 0 spiro atoms. The summed E-state index contributed by atoms with van der Waals surface area (Å²) in [5.41, 5.74) is 1.23. The van der Waals surface area contributed by atoms with Crippen molar-refractivity contribution < 1.29 is 43.2 Å². The topological polar surface area (TPSA) is 90.5 Å². The largest absolute Gasteiger partial charge is 0.487 e. The molecule has 0 unspecified atom stereocenters. The molecule has 1 fully saturated rings. The van der Waals surface area contributed by atoms with Gasteiger partial charge in [-0.15, -0.1) is 0 Å². The molecule has 2 N–H and O–H groups in total. The first-order valence-electron chi connectivity index (χ1n) is 15.2. The molecule has 41 heavy (non-hydrogen) atoms. The van der Waals surface area contributed by atoms with Crippen LogP contribution in [0.2, 0.25) is 0 Å². The molecule has 0 radical (unpaired) electrons. The monoisotopic (exact) mass is 574 g/mol. The van der Waals surface area contributed by atoms with Gasteiger partial charge in [0, 0.05) is 11.5 Å². The highest BCUT2D eigenvalue weighted by molar-refractivity contribution is 5.43. The molecule has 1 aliphatic heterocycles. The summed E-state index contributed by atoms with van der Waals surface area (Å²) in [4.78, 5) is 0. The van der Waals surface area contributed by atoms with Crippen LogP contribution in [0.5, 0.6) is 23.0 Å². The summed E-state index contributed by atoms with van der Waals surface area (Å²) in [6, 6.07) is 13.8. The number of nitrogens with two attached hydrogens (primary N) is 1. The Morgan fingerprint density at radius 1 is 0.512 bits per heavy atom. The third-order valence-electron chi connectivity index (χ3n) is 7.15. The first-order chi connectivity index (χ1) is 20.4. The number of hydrogen-bond donors (Lipinski definition) is 1. The fraction of sp³-hybridized carbons (Fsp3) is 0.625. The number of benzene rings is 2. The number of hydrogen-bond acceptors (Lipinski definition) is 8. The molecule has 9 heteroatoms. The van der Waals surface area contributed by atoms with Gasteiger partial charge in [0.1, 0.15) is 33.0 Å². The molecular weight excluding hydrogens is 526 g/mol. The van der Waals surface area contributed by atoms with E-state index in [-0.39, 0.29) is 0 Å². The van der Waals surface area contributed by atoms with Crippen LogP contribution in [0, 0.1) is 5.92 Å². The Kier molecular flexibility index (Phi) is 15.0. The normalized spacial score (nSPS) is 19.6. The van der Waals surface area contributed by atoms with Gasteiger partial charge in [-0.1, -0.05) is 31.4 Å². The second kappa shape index (κ2) is 19.5. The zero-order valence-corrected chi connectivity index (χ0v) is 24.4. The molecule has 2 aliphatic rings. The van der Waals surface area contributed by atoms with Crippen LogP contribution >= 0.6 is 0 Å². The van der Waals surface area contributed by atoms with Crippen LogP contribution in [0.25, 0.3) is 0 Å². The Hall–Kier alpha value is -2.56. The maximum Gasteiger partial charge on any atom is 0.161 e. The van der Waals surface area contributed by atoms with Gasteiger partial charge in [-0.25, -0.2) is 0 Å². The lowest BCUT2D eigenvalue weighted by molar-refractivity contribution is -0.676. The second-order valence-electron chi connectivity index (χ2n) is 10.3. The summed E-state index contributed by atoms with van der Waals surface area (Å²) < 4.78 is 46.5. The van der Waals surface area contributed by atoms with Crippen molar-refractivity contribution in [1.82, 2.24) is 0 Å². The lowest BCUT2D eigenvalue weighted by atomic mass is 9.89. The summed E-state index contributed by atoms with van der Waals surface area (Å²) in [5, 5.41) is 2.42. The molecule has 1 aliphatic carbocycles. The first kappa shape index (κ1) is 31.4. The highest BCUT2D eigenvalue weighted by atomic mass is 16.6. The minimum Gasteiger partial charge on any atom is -0.487 e. The molecule has 2 aromatic rings. The number of fused-ring (bicyclic) bond motifs is 2. The predicted octanol–water partition coefficient (Wildman–Crippen LogP) is 3.63.